The van der Waals surface area contributed by atoms with Crippen molar-refractivity contribution in [2.24, 2.45) is 11.8 Å². The molecule has 0 aliphatic carbocycles. The lowest BCUT2D eigenvalue weighted by Gasteiger charge is -2.20. The number of hydrogen-bond donors (Lipinski definition) is 0. The van der Waals surface area contributed by atoms with Crippen molar-refractivity contribution in [3.8, 4) is 5.75 Å². The van der Waals surface area contributed by atoms with Crippen LogP contribution in [0.4, 0.5) is 13.2 Å². The molecule has 1 unspecified atom stereocenters. The van der Waals surface area contributed by atoms with Gasteiger partial charge in [-0.1, -0.05) is 41.9 Å². The van der Waals surface area contributed by atoms with Crippen LogP contribution in [0.2, 0.25) is 0 Å². The summed E-state index contributed by atoms with van der Waals surface area (Å²) in [7, 11) is 0. The molecule has 5 heteroatoms. The standard InChI is InChI=1S/C13H16BrF3O/c1-9(2)10(7-14)8-18-12-6-4-3-5-11(12)13(15,16)17/h3-6,9-10H,7-8H2,1-2H3. The molecule has 1 aromatic rings. The summed E-state index contributed by atoms with van der Waals surface area (Å²) in [6.07, 6.45) is -4.38. The van der Waals surface area contributed by atoms with Crippen molar-refractivity contribution in [3.05, 3.63) is 29.8 Å². The van der Waals surface area contributed by atoms with E-state index in [0.717, 1.165) is 6.07 Å². The van der Waals surface area contributed by atoms with Gasteiger partial charge in [0.15, 0.2) is 0 Å². The molecule has 18 heavy (non-hydrogen) atoms. The van der Waals surface area contributed by atoms with Crippen molar-refractivity contribution < 1.29 is 17.9 Å². The highest BCUT2D eigenvalue weighted by molar-refractivity contribution is 9.09. The third-order valence-electron chi connectivity index (χ3n) is 2.79. The number of halogens is 4. The summed E-state index contributed by atoms with van der Waals surface area (Å²) in [5, 5.41) is 0.707. The van der Waals surface area contributed by atoms with Gasteiger partial charge in [0.1, 0.15) is 5.75 Å². The fraction of sp³-hybridized carbons (Fsp3) is 0.538. The van der Waals surface area contributed by atoms with E-state index < -0.39 is 11.7 Å². The highest BCUT2D eigenvalue weighted by Crippen LogP contribution is 2.36. The first kappa shape index (κ1) is 15.3. The van der Waals surface area contributed by atoms with Gasteiger partial charge in [0, 0.05) is 11.2 Å². The predicted molar refractivity (Wildman–Crippen MR) is 69.1 cm³/mol. The first-order chi connectivity index (χ1) is 8.36. The fourth-order valence-electron chi connectivity index (χ4n) is 1.44. The Bertz CT molecular complexity index is 377. The van der Waals surface area contributed by atoms with Crippen molar-refractivity contribution in [2.75, 3.05) is 11.9 Å². The Labute approximate surface area is 113 Å². The second kappa shape index (κ2) is 6.45. The second-order valence-electron chi connectivity index (χ2n) is 4.46. The van der Waals surface area contributed by atoms with Gasteiger partial charge >= 0.3 is 6.18 Å². The predicted octanol–water partition coefficient (Wildman–Crippen LogP) is 4.75. The SMILES string of the molecule is CC(C)C(CBr)COc1ccccc1C(F)(F)F. The first-order valence-corrected chi connectivity index (χ1v) is 6.83. The summed E-state index contributed by atoms with van der Waals surface area (Å²) in [6, 6.07) is 5.30. The molecule has 1 rings (SSSR count). The molecule has 0 heterocycles. The Kier molecular flexibility index (Phi) is 5.50. The van der Waals surface area contributed by atoms with Gasteiger partial charge < -0.3 is 4.74 Å². The molecular formula is C13H16BrF3O. The average molecular weight is 325 g/mol. The van der Waals surface area contributed by atoms with Crippen LogP contribution in [-0.2, 0) is 6.18 Å². The lowest BCUT2D eigenvalue weighted by molar-refractivity contribution is -0.139. The molecule has 102 valence electrons. The summed E-state index contributed by atoms with van der Waals surface area (Å²) in [4.78, 5) is 0. The maximum Gasteiger partial charge on any atom is 0.419 e. The molecule has 0 aliphatic rings. The third-order valence-corrected chi connectivity index (χ3v) is 3.62. The molecule has 0 saturated heterocycles. The molecule has 0 fully saturated rings. The minimum atomic E-state index is -4.38. The Morgan fingerprint density at radius 3 is 2.33 bits per heavy atom. The summed E-state index contributed by atoms with van der Waals surface area (Å²) in [5.41, 5.74) is -0.720. The van der Waals surface area contributed by atoms with E-state index >= 15 is 0 Å². The minimum Gasteiger partial charge on any atom is -0.493 e. The van der Waals surface area contributed by atoms with Crippen molar-refractivity contribution in [1.29, 1.82) is 0 Å². The Morgan fingerprint density at radius 2 is 1.83 bits per heavy atom. The smallest absolute Gasteiger partial charge is 0.419 e. The summed E-state index contributed by atoms with van der Waals surface area (Å²) in [6.45, 7) is 4.31. The van der Waals surface area contributed by atoms with Crippen LogP contribution in [0, 0.1) is 11.8 Å². The largest absolute Gasteiger partial charge is 0.493 e. The monoisotopic (exact) mass is 324 g/mol. The van der Waals surface area contributed by atoms with E-state index in [1.54, 1.807) is 6.07 Å². The van der Waals surface area contributed by atoms with E-state index in [4.69, 9.17) is 4.74 Å². The van der Waals surface area contributed by atoms with Crippen molar-refractivity contribution in [3.63, 3.8) is 0 Å². The zero-order valence-corrected chi connectivity index (χ0v) is 11.9. The Hall–Kier alpha value is -0.710. The van der Waals surface area contributed by atoms with Gasteiger partial charge in [0.25, 0.3) is 0 Å². The number of benzene rings is 1. The molecule has 0 amide bonds. The molecule has 0 spiro atoms. The van der Waals surface area contributed by atoms with Crippen molar-refractivity contribution in [1.82, 2.24) is 0 Å². The number of rotatable bonds is 5. The Balaban J connectivity index is 2.79. The molecule has 1 atom stereocenters. The lowest BCUT2D eigenvalue weighted by atomic mass is 9.99. The zero-order chi connectivity index (χ0) is 13.8. The molecular weight excluding hydrogens is 309 g/mol. The van der Waals surface area contributed by atoms with E-state index in [9.17, 15) is 13.2 Å². The lowest BCUT2D eigenvalue weighted by Crippen LogP contribution is -2.20. The molecule has 1 aromatic carbocycles. The van der Waals surface area contributed by atoms with Crippen molar-refractivity contribution >= 4 is 15.9 Å². The van der Waals surface area contributed by atoms with Gasteiger partial charge in [0.2, 0.25) is 0 Å². The number of hydrogen-bond acceptors (Lipinski definition) is 1. The van der Waals surface area contributed by atoms with Crippen LogP contribution in [-0.4, -0.2) is 11.9 Å². The number of ether oxygens (including phenoxy) is 1. The van der Waals surface area contributed by atoms with Crippen LogP contribution in [0.3, 0.4) is 0 Å². The average Bonchev–Trinajstić information content (AvgIpc) is 2.28. The maximum atomic E-state index is 12.7. The van der Waals surface area contributed by atoms with E-state index in [0.29, 0.717) is 11.2 Å². The van der Waals surface area contributed by atoms with Crippen LogP contribution in [0.15, 0.2) is 24.3 Å². The quantitative estimate of drug-likeness (QED) is 0.710. The van der Waals surface area contributed by atoms with Gasteiger partial charge in [-0.15, -0.1) is 0 Å². The molecule has 0 saturated carbocycles. The van der Waals surface area contributed by atoms with Gasteiger partial charge in [0.05, 0.1) is 12.2 Å². The molecule has 0 bridgehead atoms. The van der Waals surface area contributed by atoms with Crippen LogP contribution in [0.25, 0.3) is 0 Å². The highest BCUT2D eigenvalue weighted by atomic mass is 79.9. The molecule has 0 N–H and O–H groups in total. The number of para-hydroxylation sites is 1. The van der Waals surface area contributed by atoms with Gasteiger partial charge in [-0.2, -0.15) is 13.2 Å². The van der Waals surface area contributed by atoms with Gasteiger partial charge in [-0.25, -0.2) is 0 Å². The van der Waals surface area contributed by atoms with Crippen LogP contribution in [0.1, 0.15) is 19.4 Å². The Morgan fingerprint density at radius 1 is 1.22 bits per heavy atom. The molecule has 0 aliphatic heterocycles. The first-order valence-electron chi connectivity index (χ1n) is 5.71. The molecule has 1 nitrogen and oxygen atoms in total. The normalized spacial score (nSPS) is 13.7. The fourth-order valence-corrected chi connectivity index (χ4v) is 2.37. The minimum absolute atomic E-state index is 0.100. The van der Waals surface area contributed by atoms with E-state index in [1.807, 2.05) is 13.8 Å². The summed E-state index contributed by atoms with van der Waals surface area (Å²) < 4.78 is 43.5. The van der Waals surface area contributed by atoms with E-state index in [2.05, 4.69) is 15.9 Å². The maximum absolute atomic E-state index is 12.7. The summed E-state index contributed by atoms with van der Waals surface area (Å²) >= 11 is 3.35. The highest BCUT2D eigenvalue weighted by Gasteiger charge is 2.34. The topological polar surface area (TPSA) is 9.23 Å². The zero-order valence-electron chi connectivity index (χ0n) is 10.3. The second-order valence-corrected chi connectivity index (χ2v) is 5.11. The summed E-state index contributed by atoms with van der Waals surface area (Å²) in [5.74, 6) is 0.435. The van der Waals surface area contributed by atoms with Crippen molar-refractivity contribution in [2.45, 2.75) is 20.0 Å². The van der Waals surface area contributed by atoms with Crippen LogP contribution < -0.4 is 4.74 Å². The van der Waals surface area contributed by atoms with E-state index in [1.165, 1.54) is 12.1 Å². The van der Waals surface area contributed by atoms with Crippen LogP contribution >= 0.6 is 15.9 Å². The van der Waals surface area contributed by atoms with Crippen LogP contribution in [0.5, 0.6) is 5.75 Å². The number of alkyl halides is 4. The molecule has 0 aromatic heterocycles. The molecule has 0 radical (unpaired) electrons. The van der Waals surface area contributed by atoms with Gasteiger partial charge in [-0.05, 0) is 18.1 Å². The third kappa shape index (κ3) is 4.19. The van der Waals surface area contributed by atoms with Gasteiger partial charge in [-0.3, -0.25) is 0 Å². The van der Waals surface area contributed by atoms with E-state index in [-0.39, 0.29) is 18.3 Å².